The van der Waals surface area contributed by atoms with Crippen LogP contribution in [0.25, 0.3) is 0 Å². The van der Waals surface area contributed by atoms with Crippen molar-refractivity contribution in [2.45, 2.75) is 67.9 Å². The fourth-order valence-corrected chi connectivity index (χ4v) is 3.94. The maximum Gasteiger partial charge on any atom is 0.310 e. The van der Waals surface area contributed by atoms with Crippen LogP contribution in [0.1, 0.15) is 63.8 Å². The minimum Gasteiger partial charge on any atom is -0.461 e. The molecule has 0 unspecified atom stereocenters. The summed E-state index contributed by atoms with van der Waals surface area (Å²) in [7, 11) is 0. The van der Waals surface area contributed by atoms with Crippen LogP contribution in [0.2, 0.25) is 0 Å². The first-order valence-corrected chi connectivity index (χ1v) is 9.37. The molecule has 144 valence electrons. The van der Waals surface area contributed by atoms with Crippen LogP contribution in [0.5, 0.6) is 0 Å². The zero-order valence-electron chi connectivity index (χ0n) is 16.9. The van der Waals surface area contributed by atoms with Crippen molar-refractivity contribution in [2.24, 2.45) is 17.3 Å². The Labute approximate surface area is 155 Å². The molecule has 1 aliphatic carbocycles. The summed E-state index contributed by atoms with van der Waals surface area (Å²) in [5.74, 6) is -1.39. The summed E-state index contributed by atoms with van der Waals surface area (Å²) in [5, 5.41) is 0. The van der Waals surface area contributed by atoms with Gasteiger partial charge in [-0.05, 0) is 56.1 Å². The fourth-order valence-electron chi connectivity index (χ4n) is 3.94. The van der Waals surface area contributed by atoms with E-state index in [-0.39, 0.29) is 35.4 Å². The average molecular weight is 364 g/mol. The molecule has 0 bridgehead atoms. The zero-order valence-corrected chi connectivity index (χ0v) is 16.9. The number of carbonyl (C=O) groups is 1. The zero-order chi connectivity index (χ0) is 19.8. The van der Waals surface area contributed by atoms with Gasteiger partial charge in [0.2, 0.25) is 0 Å². The monoisotopic (exact) mass is 364 g/mol. The maximum atomic E-state index is 14.5. The lowest BCUT2D eigenvalue weighted by molar-refractivity contribution is -0.147. The smallest absolute Gasteiger partial charge is 0.310 e. The lowest BCUT2D eigenvalue weighted by Gasteiger charge is -2.18. The van der Waals surface area contributed by atoms with Crippen LogP contribution in [0.4, 0.5) is 8.78 Å². The number of benzene rings is 1. The summed E-state index contributed by atoms with van der Waals surface area (Å²) in [6.45, 7) is 13.1. The van der Waals surface area contributed by atoms with Gasteiger partial charge in [-0.25, -0.2) is 8.78 Å². The number of esters is 1. The third kappa shape index (κ3) is 3.56. The van der Waals surface area contributed by atoms with Crippen molar-refractivity contribution >= 4 is 5.97 Å². The molecule has 0 spiro atoms. The van der Waals surface area contributed by atoms with Crippen molar-refractivity contribution in [3.8, 4) is 0 Å². The molecular formula is C22H30F2O2. The molecule has 0 heterocycles. The topological polar surface area (TPSA) is 26.3 Å². The molecular weight excluding hydrogens is 334 g/mol. The van der Waals surface area contributed by atoms with Crippen LogP contribution >= 0.6 is 0 Å². The van der Waals surface area contributed by atoms with E-state index in [1.807, 2.05) is 41.5 Å². The van der Waals surface area contributed by atoms with E-state index in [1.165, 1.54) is 12.5 Å². The van der Waals surface area contributed by atoms with Gasteiger partial charge in [0.15, 0.2) is 0 Å². The molecule has 0 saturated heterocycles. The standard InChI is InChI=1S/C22H30F2O2/c1-8-14-16(15(9-2)20(24)13(5)19(14)23)11-26-21(25)18-17(10-12(3)4)22(18,6)7/h10,17-18H,8-9,11H2,1-7H3/t17-,18+/m1/s1. The average Bonchev–Trinajstić information content (AvgIpc) is 3.10. The third-order valence-corrected chi connectivity index (χ3v) is 5.66. The van der Waals surface area contributed by atoms with E-state index in [0.29, 0.717) is 29.5 Å². The Morgan fingerprint density at radius 3 is 2.00 bits per heavy atom. The second-order valence-electron chi connectivity index (χ2n) is 8.07. The number of halogens is 2. The van der Waals surface area contributed by atoms with Gasteiger partial charge in [0.25, 0.3) is 0 Å². The summed E-state index contributed by atoms with van der Waals surface area (Å²) < 4.78 is 34.5. The number of allylic oxidation sites excluding steroid dienone is 2. The van der Waals surface area contributed by atoms with E-state index >= 15 is 0 Å². The van der Waals surface area contributed by atoms with Crippen molar-refractivity contribution < 1.29 is 18.3 Å². The Morgan fingerprint density at radius 2 is 1.58 bits per heavy atom. The highest BCUT2D eigenvalue weighted by Gasteiger charge is 2.61. The van der Waals surface area contributed by atoms with Crippen LogP contribution in [0.15, 0.2) is 11.6 Å². The van der Waals surface area contributed by atoms with E-state index in [0.717, 1.165) is 0 Å². The number of hydrogen-bond donors (Lipinski definition) is 0. The Kier molecular flexibility index (Phi) is 5.94. The molecule has 2 nitrogen and oxygen atoms in total. The molecule has 2 rings (SSSR count). The van der Waals surface area contributed by atoms with Crippen LogP contribution in [0, 0.1) is 35.8 Å². The second-order valence-corrected chi connectivity index (χ2v) is 8.07. The third-order valence-electron chi connectivity index (χ3n) is 5.66. The van der Waals surface area contributed by atoms with Gasteiger partial charge in [0.1, 0.15) is 18.2 Å². The minimum atomic E-state index is -0.526. The Bertz CT molecular complexity index is 712. The van der Waals surface area contributed by atoms with Gasteiger partial charge in [-0.2, -0.15) is 0 Å². The summed E-state index contributed by atoms with van der Waals surface area (Å²) in [6.07, 6.45) is 2.97. The molecule has 0 N–H and O–H groups in total. The predicted octanol–water partition coefficient (Wildman–Crippen LogP) is 5.68. The van der Waals surface area contributed by atoms with E-state index in [9.17, 15) is 13.6 Å². The van der Waals surface area contributed by atoms with Gasteiger partial charge >= 0.3 is 5.97 Å². The number of ether oxygens (including phenoxy) is 1. The van der Waals surface area contributed by atoms with Crippen LogP contribution in [0.3, 0.4) is 0 Å². The van der Waals surface area contributed by atoms with Gasteiger partial charge in [-0.1, -0.05) is 39.3 Å². The van der Waals surface area contributed by atoms with Gasteiger partial charge in [0, 0.05) is 11.1 Å². The summed E-state index contributed by atoms with van der Waals surface area (Å²) >= 11 is 0. The molecule has 4 heteroatoms. The lowest BCUT2D eigenvalue weighted by atomic mass is 9.93. The normalized spacial score (nSPS) is 20.7. The number of carbonyl (C=O) groups excluding carboxylic acids is 1. The molecule has 0 radical (unpaired) electrons. The number of rotatable bonds is 6. The quantitative estimate of drug-likeness (QED) is 0.479. The molecule has 1 aliphatic rings. The first-order chi connectivity index (χ1) is 12.1. The molecule has 1 aromatic carbocycles. The van der Waals surface area contributed by atoms with Gasteiger partial charge in [-0.3, -0.25) is 4.79 Å². The maximum absolute atomic E-state index is 14.5. The van der Waals surface area contributed by atoms with E-state index in [4.69, 9.17) is 4.74 Å². The number of hydrogen-bond acceptors (Lipinski definition) is 2. The highest BCUT2D eigenvalue weighted by atomic mass is 19.1. The predicted molar refractivity (Wildman–Crippen MR) is 99.8 cm³/mol. The van der Waals surface area contributed by atoms with E-state index in [2.05, 4.69) is 6.08 Å². The van der Waals surface area contributed by atoms with Gasteiger partial charge in [-0.15, -0.1) is 0 Å². The largest absolute Gasteiger partial charge is 0.461 e. The summed E-state index contributed by atoms with van der Waals surface area (Å²) in [6, 6.07) is 0. The van der Waals surface area contributed by atoms with Crippen LogP contribution < -0.4 is 0 Å². The highest BCUT2D eigenvalue weighted by Crippen LogP contribution is 2.59. The SMILES string of the molecule is CCc1c(F)c(C)c(F)c(CC)c1COC(=O)[C@@H]1[C@@H](C=C(C)C)C1(C)C. The molecule has 0 aromatic heterocycles. The fraction of sp³-hybridized carbons (Fsp3) is 0.591. The molecule has 26 heavy (non-hydrogen) atoms. The molecule has 1 saturated carbocycles. The molecule has 1 aromatic rings. The van der Waals surface area contributed by atoms with Crippen molar-refractivity contribution in [3.63, 3.8) is 0 Å². The first kappa shape index (κ1) is 20.6. The van der Waals surface area contributed by atoms with Crippen molar-refractivity contribution in [2.75, 3.05) is 0 Å². The second kappa shape index (κ2) is 7.50. The van der Waals surface area contributed by atoms with Gasteiger partial charge in [0.05, 0.1) is 5.92 Å². The van der Waals surface area contributed by atoms with E-state index < -0.39 is 11.6 Å². The van der Waals surface area contributed by atoms with Gasteiger partial charge < -0.3 is 4.74 Å². The molecule has 0 aliphatic heterocycles. The summed E-state index contributed by atoms with van der Waals surface area (Å²) in [4.78, 5) is 12.6. The highest BCUT2D eigenvalue weighted by molar-refractivity contribution is 5.78. The van der Waals surface area contributed by atoms with Crippen LogP contribution in [-0.2, 0) is 29.0 Å². The Balaban J connectivity index is 2.25. The molecule has 2 atom stereocenters. The lowest BCUT2D eigenvalue weighted by Crippen LogP contribution is -2.15. The molecule has 0 amide bonds. The minimum absolute atomic E-state index is 0.0423. The van der Waals surface area contributed by atoms with Crippen molar-refractivity contribution in [1.29, 1.82) is 0 Å². The molecule has 1 fully saturated rings. The Hall–Kier alpha value is -1.71. The van der Waals surface area contributed by atoms with Crippen LogP contribution in [-0.4, -0.2) is 5.97 Å². The van der Waals surface area contributed by atoms with Crippen molar-refractivity contribution in [1.82, 2.24) is 0 Å². The summed E-state index contributed by atoms with van der Waals surface area (Å²) in [5.41, 5.74) is 2.46. The first-order valence-electron chi connectivity index (χ1n) is 9.37. The van der Waals surface area contributed by atoms with E-state index in [1.54, 1.807) is 0 Å². The van der Waals surface area contributed by atoms with Crippen molar-refractivity contribution in [3.05, 3.63) is 45.5 Å². The Morgan fingerprint density at radius 1 is 1.08 bits per heavy atom.